The summed E-state index contributed by atoms with van der Waals surface area (Å²) < 4.78 is 12.9. The molecule has 4 atom stereocenters. The highest BCUT2D eigenvalue weighted by Gasteiger charge is 2.18. The molecule has 12 heteroatoms. The van der Waals surface area contributed by atoms with Crippen LogP contribution in [0.4, 0.5) is 28.7 Å². The first-order valence-corrected chi connectivity index (χ1v) is 15.1. The normalized spacial score (nSPS) is 14.4. The molecule has 1 heterocycles. The van der Waals surface area contributed by atoms with E-state index in [4.69, 9.17) is 0 Å². The molecule has 0 aliphatic carbocycles. The van der Waals surface area contributed by atoms with Crippen molar-refractivity contribution in [3.8, 4) is 6.07 Å². The number of rotatable bonds is 15. The molecule has 3 aromatic rings. The van der Waals surface area contributed by atoms with Crippen LogP contribution in [0, 0.1) is 18.3 Å². The first-order valence-electron chi connectivity index (χ1n) is 13.7. The van der Waals surface area contributed by atoms with Gasteiger partial charge in [0, 0.05) is 48.1 Å². The highest BCUT2D eigenvalue weighted by Crippen LogP contribution is 2.36. The topological polar surface area (TPSA) is 166 Å². The molecule has 0 saturated carbocycles. The Labute approximate surface area is 249 Å². The zero-order valence-electron chi connectivity index (χ0n) is 24.4. The Balaban J connectivity index is 1.82. The van der Waals surface area contributed by atoms with E-state index in [-0.39, 0.29) is 6.54 Å². The average Bonchev–Trinajstić information content (AvgIpc) is 2.94. The number of hydrogen-bond donors (Lipinski definition) is 5. The molecule has 0 radical (unpaired) electrons. The van der Waals surface area contributed by atoms with E-state index in [9.17, 15) is 24.8 Å². The van der Waals surface area contributed by atoms with Crippen molar-refractivity contribution in [1.82, 2.24) is 9.88 Å². The first kappa shape index (κ1) is 32.8. The van der Waals surface area contributed by atoms with Crippen molar-refractivity contribution in [3.05, 3.63) is 65.7 Å². The van der Waals surface area contributed by atoms with Gasteiger partial charge in [0.25, 0.3) is 0 Å². The van der Waals surface area contributed by atoms with Gasteiger partial charge in [-0.2, -0.15) is 10.4 Å². The molecule has 0 bridgehead atoms. The number of aliphatic hydroxyl groups is 3. The Bertz CT molecular complexity index is 1380. The Hall–Kier alpha value is -3.73. The van der Waals surface area contributed by atoms with Crippen molar-refractivity contribution in [2.45, 2.75) is 50.9 Å². The lowest BCUT2D eigenvalue weighted by Gasteiger charge is -2.24. The van der Waals surface area contributed by atoms with Crippen LogP contribution in [0.15, 0.2) is 69.7 Å². The summed E-state index contributed by atoms with van der Waals surface area (Å²) in [5, 5.41) is 54.1. The second-order valence-corrected chi connectivity index (χ2v) is 11.8. The fraction of sp³-hybridized carbons (Fsp3) is 0.400. The van der Waals surface area contributed by atoms with E-state index in [0.717, 1.165) is 5.69 Å². The first-order chi connectivity index (χ1) is 20.1. The predicted molar refractivity (Wildman–Crippen MR) is 165 cm³/mol. The van der Waals surface area contributed by atoms with Gasteiger partial charge in [-0.05, 0) is 64.1 Å². The second kappa shape index (κ2) is 16.1. The third-order valence-corrected chi connectivity index (χ3v) is 7.48. The van der Waals surface area contributed by atoms with E-state index in [1.807, 2.05) is 35.2 Å². The number of aromatic nitrogens is 1. The second-order valence-electron chi connectivity index (χ2n) is 10.2. The fourth-order valence-electron chi connectivity index (χ4n) is 4.18. The van der Waals surface area contributed by atoms with Crippen molar-refractivity contribution < 1.29 is 19.5 Å². The fourth-order valence-corrected chi connectivity index (χ4v) is 5.28. The van der Waals surface area contributed by atoms with Gasteiger partial charge in [0.1, 0.15) is 17.6 Å². The summed E-state index contributed by atoms with van der Waals surface area (Å²) in [5.41, 5.74) is 2.57. The molecule has 1 aromatic heterocycles. The quantitative estimate of drug-likeness (QED) is 0.161. The van der Waals surface area contributed by atoms with Crippen molar-refractivity contribution in [2.24, 2.45) is 10.2 Å². The molecule has 42 heavy (non-hydrogen) atoms. The number of para-hydroxylation sites is 1. The van der Waals surface area contributed by atoms with Crippen LogP contribution in [-0.4, -0.2) is 79.7 Å². The number of anilines is 3. The number of benzene rings is 2. The molecule has 0 aliphatic rings. The van der Waals surface area contributed by atoms with E-state index in [1.165, 1.54) is 0 Å². The Morgan fingerprint density at radius 3 is 2.17 bits per heavy atom. The Morgan fingerprint density at radius 2 is 1.60 bits per heavy atom. The number of azo groups is 1. The molecule has 11 nitrogen and oxygen atoms in total. The molecule has 0 amide bonds. The number of nitriles is 1. The number of nitrogens with one attached hydrogen (secondary N) is 2. The minimum Gasteiger partial charge on any atom is -0.392 e. The zero-order chi connectivity index (χ0) is 30.6. The zero-order valence-corrected chi connectivity index (χ0v) is 25.2. The van der Waals surface area contributed by atoms with Crippen molar-refractivity contribution >= 4 is 39.5 Å². The van der Waals surface area contributed by atoms with Crippen LogP contribution in [-0.2, 0) is 10.8 Å². The van der Waals surface area contributed by atoms with E-state index in [2.05, 4.69) is 31.9 Å². The molecular formula is C30H39N7O4S. The third kappa shape index (κ3) is 9.97. The molecule has 4 unspecified atom stereocenters. The standard InChI is InChI=1S/C30H39N7O4S/c1-20(38)17-32-29-27(16-31)23(4)28(30(34-29)33-24-8-6-5-7-9-24)36-35-25-10-12-26(13-11-25)42(41)15-14-37(18-21(2)39)19-22(3)40/h5-13,20-22,38-40H,14-15,17-19H2,1-4H3,(H2,32,33,34). The van der Waals surface area contributed by atoms with Gasteiger partial charge in [0.05, 0.1) is 40.4 Å². The Morgan fingerprint density at radius 1 is 0.952 bits per heavy atom. The van der Waals surface area contributed by atoms with Gasteiger partial charge >= 0.3 is 0 Å². The van der Waals surface area contributed by atoms with Crippen molar-refractivity contribution in [2.75, 3.05) is 42.6 Å². The third-order valence-electron chi connectivity index (χ3n) is 6.13. The van der Waals surface area contributed by atoms with Crippen molar-refractivity contribution in [3.63, 3.8) is 0 Å². The molecule has 224 valence electrons. The van der Waals surface area contributed by atoms with Gasteiger partial charge in [-0.1, -0.05) is 18.2 Å². The summed E-state index contributed by atoms with van der Waals surface area (Å²) in [6, 6.07) is 18.5. The van der Waals surface area contributed by atoms with Crippen LogP contribution in [0.3, 0.4) is 0 Å². The monoisotopic (exact) mass is 593 g/mol. The summed E-state index contributed by atoms with van der Waals surface area (Å²) in [7, 11) is -1.28. The maximum absolute atomic E-state index is 12.9. The van der Waals surface area contributed by atoms with Crippen molar-refractivity contribution in [1.29, 1.82) is 5.26 Å². The number of hydrogen-bond acceptors (Lipinski definition) is 11. The van der Waals surface area contributed by atoms with Crippen LogP contribution < -0.4 is 10.6 Å². The molecular weight excluding hydrogens is 554 g/mol. The van der Waals surface area contributed by atoms with E-state index >= 15 is 0 Å². The van der Waals surface area contributed by atoms with Gasteiger partial charge in [-0.15, -0.1) is 5.11 Å². The largest absolute Gasteiger partial charge is 0.392 e. The molecule has 5 N–H and O–H groups in total. The average molecular weight is 594 g/mol. The lowest BCUT2D eigenvalue weighted by Crippen LogP contribution is -2.38. The molecule has 0 spiro atoms. The molecule has 3 rings (SSSR count). The molecule has 2 aromatic carbocycles. The van der Waals surface area contributed by atoms with E-state index in [0.29, 0.717) is 64.4 Å². The van der Waals surface area contributed by atoms with Crippen LogP contribution >= 0.6 is 0 Å². The van der Waals surface area contributed by atoms with Gasteiger partial charge in [0.2, 0.25) is 0 Å². The molecule has 0 saturated heterocycles. The summed E-state index contributed by atoms with van der Waals surface area (Å²) >= 11 is 0. The van der Waals surface area contributed by atoms with Gasteiger partial charge in [0.15, 0.2) is 5.82 Å². The SMILES string of the molecule is Cc1c(C#N)c(NCC(C)O)nc(Nc2ccccc2)c1N=Nc1ccc(S(=O)CCN(CC(C)O)CC(C)O)cc1. The van der Waals surface area contributed by atoms with Gasteiger partial charge < -0.3 is 26.0 Å². The predicted octanol–water partition coefficient (Wildman–Crippen LogP) is 4.38. The van der Waals surface area contributed by atoms with E-state index in [1.54, 1.807) is 52.0 Å². The summed E-state index contributed by atoms with van der Waals surface area (Å²) in [6.45, 7) is 8.24. The maximum Gasteiger partial charge on any atom is 0.161 e. The minimum absolute atomic E-state index is 0.222. The number of pyridine rings is 1. The molecule has 0 fully saturated rings. The maximum atomic E-state index is 12.9. The highest BCUT2D eigenvalue weighted by atomic mass is 32.2. The van der Waals surface area contributed by atoms with Crippen LogP contribution in [0.2, 0.25) is 0 Å². The summed E-state index contributed by atoms with van der Waals surface area (Å²) in [5.74, 6) is 1.08. The Kier molecular flexibility index (Phi) is 12.5. The van der Waals surface area contributed by atoms with Crippen LogP contribution in [0.5, 0.6) is 0 Å². The summed E-state index contributed by atoms with van der Waals surface area (Å²) in [6.07, 6.45) is -1.73. The minimum atomic E-state index is -1.28. The summed E-state index contributed by atoms with van der Waals surface area (Å²) in [4.78, 5) is 7.14. The lowest BCUT2D eigenvalue weighted by atomic mass is 10.1. The smallest absolute Gasteiger partial charge is 0.161 e. The molecule has 0 aliphatic heterocycles. The van der Waals surface area contributed by atoms with Gasteiger partial charge in [-0.25, -0.2) is 4.98 Å². The highest BCUT2D eigenvalue weighted by molar-refractivity contribution is 7.85. The number of nitrogens with zero attached hydrogens (tertiary/aromatic N) is 5. The number of aliphatic hydroxyl groups excluding tert-OH is 3. The van der Waals surface area contributed by atoms with Gasteiger partial charge in [-0.3, -0.25) is 9.11 Å². The van der Waals surface area contributed by atoms with Crippen LogP contribution in [0.1, 0.15) is 31.9 Å². The lowest BCUT2D eigenvalue weighted by molar-refractivity contribution is 0.0874. The van der Waals surface area contributed by atoms with E-state index < -0.39 is 29.1 Å². The van der Waals surface area contributed by atoms with Crippen LogP contribution in [0.25, 0.3) is 0 Å².